The molecule has 1 N–H and O–H groups in total. The summed E-state index contributed by atoms with van der Waals surface area (Å²) in [6.45, 7) is 1.83. The molecule has 1 aromatic carbocycles. The van der Waals surface area contributed by atoms with Crippen molar-refractivity contribution in [3.05, 3.63) is 35.0 Å². The minimum Gasteiger partial charge on any atom is -0.460 e. The number of Topliss-reactive ketones (excluding diaryl/α,β-unsaturated/α-hetero) is 1. The van der Waals surface area contributed by atoms with Crippen molar-refractivity contribution in [2.24, 2.45) is 0 Å². The molecule has 5 heteroatoms. The van der Waals surface area contributed by atoms with Crippen molar-refractivity contribution in [2.45, 2.75) is 6.92 Å². The van der Waals surface area contributed by atoms with Crippen molar-refractivity contribution < 1.29 is 14.3 Å². The van der Waals surface area contributed by atoms with Gasteiger partial charge in [0.1, 0.15) is 0 Å². The summed E-state index contributed by atoms with van der Waals surface area (Å²) in [4.78, 5) is 25.8. The maximum Gasteiger partial charge on any atom is 0.381 e. The number of halogens is 1. The summed E-state index contributed by atoms with van der Waals surface area (Å²) in [5.41, 5.74) is 0.961. The number of hydrogen-bond acceptors (Lipinski definition) is 3. The van der Waals surface area contributed by atoms with E-state index in [4.69, 9.17) is 11.6 Å². The molecule has 0 bridgehead atoms. The number of esters is 1. The lowest BCUT2D eigenvalue weighted by Crippen LogP contribution is -2.17. The first-order chi connectivity index (χ1) is 8.11. The molecule has 1 heterocycles. The Morgan fingerprint density at radius 3 is 2.82 bits per heavy atom. The fourth-order valence-corrected chi connectivity index (χ4v) is 1.71. The van der Waals surface area contributed by atoms with Crippen LogP contribution in [0.1, 0.15) is 17.4 Å². The van der Waals surface area contributed by atoms with Gasteiger partial charge < -0.3 is 9.72 Å². The standard InChI is InChI=1S/C12H10ClNO3/c1-2-17-12(16)11(15)10-6-7-5-8(13)3-4-9(7)14-10/h3-6,14H,2H2,1H3. The average Bonchev–Trinajstić information content (AvgIpc) is 2.71. The van der Waals surface area contributed by atoms with Crippen molar-refractivity contribution in [1.82, 2.24) is 4.98 Å². The highest BCUT2D eigenvalue weighted by molar-refractivity contribution is 6.40. The molecule has 0 spiro atoms. The zero-order valence-electron chi connectivity index (χ0n) is 9.12. The minimum absolute atomic E-state index is 0.177. The molecule has 0 fully saturated rings. The highest BCUT2D eigenvalue weighted by Crippen LogP contribution is 2.20. The Hall–Kier alpha value is -1.81. The third-order valence-electron chi connectivity index (χ3n) is 2.29. The number of rotatable bonds is 3. The van der Waals surface area contributed by atoms with Crippen molar-refractivity contribution in [2.75, 3.05) is 6.61 Å². The quantitative estimate of drug-likeness (QED) is 0.518. The zero-order chi connectivity index (χ0) is 12.4. The van der Waals surface area contributed by atoms with E-state index in [1.807, 2.05) is 0 Å². The molecule has 0 unspecified atom stereocenters. The van der Waals surface area contributed by atoms with Gasteiger partial charge >= 0.3 is 5.97 Å². The van der Waals surface area contributed by atoms with Gasteiger partial charge in [0.15, 0.2) is 0 Å². The SMILES string of the molecule is CCOC(=O)C(=O)c1cc2cc(Cl)ccc2[nH]1. The topological polar surface area (TPSA) is 59.2 Å². The maximum absolute atomic E-state index is 11.7. The first-order valence-electron chi connectivity index (χ1n) is 5.11. The zero-order valence-corrected chi connectivity index (χ0v) is 9.88. The van der Waals surface area contributed by atoms with Crippen LogP contribution >= 0.6 is 11.6 Å². The molecule has 2 rings (SSSR count). The number of ketones is 1. The lowest BCUT2D eigenvalue weighted by molar-refractivity contribution is -0.137. The van der Waals surface area contributed by atoms with Crippen LogP contribution in [0, 0.1) is 0 Å². The maximum atomic E-state index is 11.7. The number of aromatic nitrogens is 1. The number of ether oxygens (including phenoxy) is 1. The molecule has 0 aliphatic rings. The monoisotopic (exact) mass is 251 g/mol. The minimum atomic E-state index is -0.856. The van der Waals surface area contributed by atoms with Crippen molar-refractivity contribution >= 4 is 34.3 Å². The molecule has 88 valence electrons. The van der Waals surface area contributed by atoms with Gasteiger partial charge in [-0.25, -0.2) is 4.79 Å². The third kappa shape index (κ3) is 2.31. The molecule has 0 aliphatic carbocycles. The summed E-state index contributed by atoms with van der Waals surface area (Å²) < 4.78 is 4.64. The van der Waals surface area contributed by atoms with Crippen LogP contribution in [-0.2, 0) is 9.53 Å². The molecule has 0 amide bonds. The molecular formula is C12H10ClNO3. The third-order valence-corrected chi connectivity index (χ3v) is 2.52. The average molecular weight is 252 g/mol. The molecule has 17 heavy (non-hydrogen) atoms. The summed E-state index contributed by atoms with van der Waals surface area (Å²) in [5.74, 6) is -1.54. The second-order valence-electron chi connectivity index (χ2n) is 3.46. The Morgan fingerprint density at radius 1 is 1.35 bits per heavy atom. The highest BCUT2D eigenvalue weighted by atomic mass is 35.5. The summed E-state index contributed by atoms with van der Waals surface area (Å²) in [6, 6.07) is 6.76. The fourth-order valence-electron chi connectivity index (χ4n) is 1.53. The Balaban J connectivity index is 2.36. The second kappa shape index (κ2) is 4.59. The lowest BCUT2D eigenvalue weighted by atomic mass is 10.2. The van der Waals surface area contributed by atoms with Gasteiger partial charge in [-0.05, 0) is 31.2 Å². The summed E-state index contributed by atoms with van der Waals surface area (Å²) in [5, 5.41) is 1.36. The number of carbonyl (C=O) groups is 2. The number of carbonyl (C=O) groups excluding carboxylic acids is 2. The molecule has 4 nitrogen and oxygen atoms in total. The smallest absolute Gasteiger partial charge is 0.381 e. The van der Waals surface area contributed by atoms with Crippen LogP contribution in [0.2, 0.25) is 5.02 Å². The van der Waals surface area contributed by atoms with E-state index in [2.05, 4.69) is 9.72 Å². The van der Waals surface area contributed by atoms with E-state index in [9.17, 15) is 9.59 Å². The normalized spacial score (nSPS) is 10.5. The summed E-state index contributed by atoms with van der Waals surface area (Å²) >= 11 is 5.83. The summed E-state index contributed by atoms with van der Waals surface area (Å²) in [7, 11) is 0. The van der Waals surface area contributed by atoms with Crippen LogP contribution < -0.4 is 0 Å². The van der Waals surface area contributed by atoms with Crippen LogP contribution in [0.25, 0.3) is 10.9 Å². The van der Waals surface area contributed by atoms with Crippen molar-refractivity contribution in [3.8, 4) is 0 Å². The molecule has 0 radical (unpaired) electrons. The van der Waals surface area contributed by atoms with Gasteiger partial charge in [-0.2, -0.15) is 0 Å². The number of hydrogen-bond donors (Lipinski definition) is 1. The van der Waals surface area contributed by atoms with Crippen molar-refractivity contribution in [1.29, 1.82) is 0 Å². The Kier molecular flexibility index (Phi) is 3.15. The van der Waals surface area contributed by atoms with Gasteiger partial charge in [0, 0.05) is 15.9 Å². The molecule has 1 aromatic heterocycles. The van der Waals surface area contributed by atoms with E-state index in [0.717, 1.165) is 10.9 Å². The van der Waals surface area contributed by atoms with Crippen LogP contribution in [0.3, 0.4) is 0 Å². The molecule has 0 aliphatic heterocycles. The van der Waals surface area contributed by atoms with Crippen LogP contribution in [-0.4, -0.2) is 23.3 Å². The molecule has 0 saturated heterocycles. The van der Waals surface area contributed by atoms with Gasteiger partial charge in [0.2, 0.25) is 0 Å². The Labute approximate surface area is 103 Å². The van der Waals surface area contributed by atoms with E-state index >= 15 is 0 Å². The number of H-pyrrole nitrogens is 1. The predicted molar refractivity (Wildman–Crippen MR) is 64.3 cm³/mol. The van der Waals surface area contributed by atoms with E-state index in [1.165, 1.54) is 0 Å². The van der Waals surface area contributed by atoms with Crippen molar-refractivity contribution in [3.63, 3.8) is 0 Å². The molecule has 2 aromatic rings. The summed E-state index contributed by atoms with van der Waals surface area (Å²) in [6.07, 6.45) is 0. The highest BCUT2D eigenvalue weighted by Gasteiger charge is 2.19. The van der Waals surface area contributed by atoms with Gasteiger partial charge in [-0.1, -0.05) is 11.6 Å². The fraction of sp³-hybridized carbons (Fsp3) is 0.167. The van der Waals surface area contributed by atoms with Gasteiger partial charge in [-0.3, -0.25) is 4.79 Å². The van der Waals surface area contributed by atoms with Crippen LogP contribution in [0.5, 0.6) is 0 Å². The number of fused-ring (bicyclic) bond motifs is 1. The van der Waals surface area contributed by atoms with Gasteiger partial charge in [0.05, 0.1) is 12.3 Å². The largest absolute Gasteiger partial charge is 0.460 e. The Morgan fingerprint density at radius 2 is 2.12 bits per heavy atom. The van der Waals surface area contributed by atoms with Gasteiger partial charge in [0.25, 0.3) is 5.78 Å². The number of nitrogens with one attached hydrogen (secondary N) is 1. The van der Waals surface area contributed by atoms with Crippen LogP contribution in [0.4, 0.5) is 0 Å². The lowest BCUT2D eigenvalue weighted by Gasteiger charge is -1.97. The first-order valence-corrected chi connectivity index (χ1v) is 5.49. The number of benzene rings is 1. The van der Waals surface area contributed by atoms with E-state index in [-0.39, 0.29) is 12.3 Å². The first kappa shape index (κ1) is 11.7. The van der Waals surface area contributed by atoms with E-state index in [0.29, 0.717) is 5.02 Å². The second-order valence-corrected chi connectivity index (χ2v) is 3.90. The molecule has 0 atom stereocenters. The predicted octanol–water partition coefficient (Wildman–Crippen LogP) is 2.57. The Bertz CT molecular complexity index is 588. The van der Waals surface area contributed by atoms with E-state index in [1.54, 1.807) is 31.2 Å². The molecular weight excluding hydrogens is 242 g/mol. The number of aromatic amines is 1. The van der Waals surface area contributed by atoms with Gasteiger partial charge in [-0.15, -0.1) is 0 Å². The molecule has 0 saturated carbocycles. The van der Waals surface area contributed by atoms with Crippen LogP contribution in [0.15, 0.2) is 24.3 Å². The van der Waals surface area contributed by atoms with E-state index < -0.39 is 11.8 Å².